The molecule has 0 aliphatic carbocycles. The summed E-state index contributed by atoms with van der Waals surface area (Å²) in [7, 11) is 1.67. The summed E-state index contributed by atoms with van der Waals surface area (Å²) in [6.45, 7) is 2.09. The largest absolute Gasteiger partial charge is 0.496 e. The van der Waals surface area contributed by atoms with Gasteiger partial charge in [-0.3, -0.25) is 0 Å². The maximum absolute atomic E-state index is 10.6. The molecule has 92 valence electrons. The number of nitrogens with zero attached hydrogens (tertiary/aromatic N) is 1. The van der Waals surface area contributed by atoms with E-state index in [1.165, 1.54) is 0 Å². The van der Waals surface area contributed by atoms with Gasteiger partial charge >= 0.3 is 0 Å². The number of benzene rings is 2. The van der Waals surface area contributed by atoms with Crippen LogP contribution in [0, 0.1) is 4.91 Å². The van der Waals surface area contributed by atoms with Gasteiger partial charge in [0.2, 0.25) is 0 Å². The molecule has 0 amide bonds. The van der Waals surface area contributed by atoms with Crippen LogP contribution < -0.4 is 4.74 Å². The number of rotatable bonds is 4. The lowest BCUT2D eigenvalue weighted by molar-refractivity contribution is 0.412. The fourth-order valence-electron chi connectivity index (χ4n) is 2.06. The molecule has 18 heavy (non-hydrogen) atoms. The van der Waals surface area contributed by atoms with Crippen molar-refractivity contribution >= 4 is 5.69 Å². The van der Waals surface area contributed by atoms with Crippen LogP contribution in [0.3, 0.4) is 0 Å². The molecule has 0 radical (unpaired) electrons. The number of aryl methyl sites for hydroxylation is 1. The molecule has 2 aromatic carbocycles. The standard InChI is InChI=1S/C15H15NO2/c1-3-11-6-5-9-14(15(11)18-2)12-7-4-8-13(10-12)16-17/h4-10H,3H2,1-2H3. The number of nitroso groups, excluding NO2 is 1. The number of hydrogen-bond donors (Lipinski definition) is 0. The van der Waals surface area contributed by atoms with E-state index >= 15 is 0 Å². The Morgan fingerprint density at radius 2 is 1.94 bits per heavy atom. The first-order valence-corrected chi connectivity index (χ1v) is 5.89. The van der Waals surface area contributed by atoms with Gasteiger partial charge in [-0.05, 0) is 34.9 Å². The first kappa shape index (κ1) is 12.3. The number of hydrogen-bond acceptors (Lipinski definition) is 3. The highest BCUT2D eigenvalue weighted by atomic mass is 16.5. The Balaban J connectivity index is 2.59. The smallest absolute Gasteiger partial charge is 0.129 e. The van der Waals surface area contributed by atoms with Gasteiger partial charge in [0.25, 0.3) is 0 Å². The normalized spacial score (nSPS) is 10.1. The molecule has 2 rings (SSSR count). The van der Waals surface area contributed by atoms with Crippen LogP contribution in [0.4, 0.5) is 5.69 Å². The molecule has 0 aliphatic heterocycles. The SMILES string of the molecule is CCc1cccc(-c2cccc(N=O)c2)c1OC. The molecule has 0 bridgehead atoms. The molecule has 0 spiro atoms. The predicted molar refractivity (Wildman–Crippen MR) is 73.3 cm³/mol. The van der Waals surface area contributed by atoms with Crippen LogP contribution in [0.25, 0.3) is 11.1 Å². The summed E-state index contributed by atoms with van der Waals surface area (Å²) in [5, 5.41) is 2.96. The zero-order chi connectivity index (χ0) is 13.0. The molecule has 0 fully saturated rings. The predicted octanol–water partition coefficient (Wildman–Crippen LogP) is 4.32. The summed E-state index contributed by atoms with van der Waals surface area (Å²) in [6.07, 6.45) is 0.905. The van der Waals surface area contributed by atoms with E-state index in [4.69, 9.17) is 4.74 Å². The Morgan fingerprint density at radius 3 is 2.61 bits per heavy atom. The van der Waals surface area contributed by atoms with E-state index in [1.807, 2.05) is 30.3 Å². The van der Waals surface area contributed by atoms with Crippen LogP contribution in [-0.4, -0.2) is 7.11 Å². The second-order valence-electron chi connectivity index (χ2n) is 3.99. The lowest BCUT2D eigenvalue weighted by Crippen LogP contribution is -1.93. The van der Waals surface area contributed by atoms with Crippen LogP contribution >= 0.6 is 0 Å². The van der Waals surface area contributed by atoms with Crippen molar-refractivity contribution < 1.29 is 4.74 Å². The Bertz CT molecular complexity index is 564. The molecule has 3 nitrogen and oxygen atoms in total. The van der Waals surface area contributed by atoms with E-state index in [1.54, 1.807) is 19.2 Å². The van der Waals surface area contributed by atoms with Gasteiger partial charge < -0.3 is 4.74 Å². The molecule has 0 aromatic heterocycles. The van der Waals surface area contributed by atoms with Crippen molar-refractivity contribution in [2.24, 2.45) is 5.18 Å². The van der Waals surface area contributed by atoms with E-state index in [-0.39, 0.29) is 0 Å². The van der Waals surface area contributed by atoms with Crippen LogP contribution in [0.15, 0.2) is 47.6 Å². The zero-order valence-electron chi connectivity index (χ0n) is 10.5. The highest BCUT2D eigenvalue weighted by Crippen LogP contribution is 2.34. The molecule has 2 aromatic rings. The van der Waals surface area contributed by atoms with Gasteiger partial charge in [0.1, 0.15) is 11.4 Å². The summed E-state index contributed by atoms with van der Waals surface area (Å²) in [6, 6.07) is 13.3. The molecule has 0 atom stereocenters. The minimum Gasteiger partial charge on any atom is -0.496 e. The van der Waals surface area contributed by atoms with Crippen molar-refractivity contribution in [3.8, 4) is 16.9 Å². The average molecular weight is 241 g/mol. The molecule has 0 saturated heterocycles. The second-order valence-corrected chi connectivity index (χ2v) is 3.99. The third kappa shape index (κ3) is 2.25. The molecule has 0 saturated carbocycles. The van der Waals surface area contributed by atoms with Crippen LogP contribution in [0.2, 0.25) is 0 Å². The third-order valence-electron chi connectivity index (χ3n) is 2.94. The summed E-state index contributed by atoms with van der Waals surface area (Å²) in [4.78, 5) is 10.6. The minimum absolute atomic E-state index is 0.427. The van der Waals surface area contributed by atoms with Gasteiger partial charge in [-0.25, -0.2) is 0 Å². The van der Waals surface area contributed by atoms with Crippen LogP contribution in [-0.2, 0) is 6.42 Å². The Hall–Kier alpha value is -2.16. The van der Waals surface area contributed by atoms with Gasteiger partial charge in [0.15, 0.2) is 0 Å². The first-order valence-electron chi connectivity index (χ1n) is 5.89. The van der Waals surface area contributed by atoms with E-state index in [0.29, 0.717) is 5.69 Å². The Kier molecular flexibility index (Phi) is 3.72. The minimum atomic E-state index is 0.427. The third-order valence-corrected chi connectivity index (χ3v) is 2.94. The van der Waals surface area contributed by atoms with E-state index in [0.717, 1.165) is 28.9 Å². The number of ether oxygens (including phenoxy) is 1. The van der Waals surface area contributed by atoms with Crippen molar-refractivity contribution in [2.75, 3.05) is 7.11 Å². The average Bonchev–Trinajstić information content (AvgIpc) is 2.46. The molecule has 0 heterocycles. The highest BCUT2D eigenvalue weighted by molar-refractivity contribution is 5.74. The van der Waals surface area contributed by atoms with Crippen molar-refractivity contribution in [1.29, 1.82) is 0 Å². The summed E-state index contributed by atoms with van der Waals surface area (Å²) in [5.74, 6) is 0.864. The molecular formula is C15H15NO2. The van der Waals surface area contributed by atoms with Gasteiger partial charge in [-0.1, -0.05) is 37.3 Å². The second kappa shape index (κ2) is 5.45. The van der Waals surface area contributed by atoms with Crippen molar-refractivity contribution in [3.63, 3.8) is 0 Å². The topological polar surface area (TPSA) is 38.7 Å². The fraction of sp³-hybridized carbons (Fsp3) is 0.200. The lowest BCUT2D eigenvalue weighted by atomic mass is 10.00. The van der Waals surface area contributed by atoms with Crippen molar-refractivity contribution in [2.45, 2.75) is 13.3 Å². The van der Waals surface area contributed by atoms with Gasteiger partial charge in [0, 0.05) is 5.56 Å². The van der Waals surface area contributed by atoms with Gasteiger partial charge in [-0.2, -0.15) is 0 Å². The first-order chi connectivity index (χ1) is 8.80. The van der Waals surface area contributed by atoms with Gasteiger partial charge in [-0.15, -0.1) is 4.91 Å². The zero-order valence-corrected chi connectivity index (χ0v) is 10.5. The summed E-state index contributed by atoms with van der Waals surface area (Å²) in [5.41, 5.74) is 3.51. The Morgan fingerprint density at radius 1 is 1.17 bits per heavy atom. The van der Waals surface area contributed by atoms with Crippen molar-refractivity contribution in [1.82, 2.24) is 0 Å². The number of methoxy groups -OCH3 is 1. The van der Waals surface area contributed by atoms with Crippen LogP contribution in [0.5, 0.6) is 5.75 Å². The maximum Gasteiger partial charge on any atom is 0.129 e. The maximum atomic E-state index is 10.6. The summed E-state index contributed by atoms with van der Waals surface area (Å²) >= 11 is 0. The lowest BCUT2D eigenvalue weighted by Gasteiger charge is -2.12. The monoisotopic (exact) mass is 241 g/mol. The van der Waals surface area contributed by atoms with E-state index < -0.39 is 0 Å². The molecule has 0 N–H and O–H groups in total. The van der Waals surface area contributed by atoms with E-state index in [9.17, 15) is 4.91 Å². The number of para-hydroxylation sites is 1. The molecular weight excluding hydrogens is 226 g/mol. The van der Waals surface area contributed by atoms with Crippen LogP contribution in [0.1, 0.15) is 12.5 Å². The van der Waals surface area contributed by atoms with Gasteiger partial charge in [0.05, 0.1) is 7.11 Å². The highest BCUT2D eigenvalue weighted by Gasteiger charge is 2.09. The van der Waals surface area contributed by atoms with E-state index in [2.05, 4.69) is 12.1 Å². The Labute approximate surface area is 106 Å². The molecule has 3 heteroatoms. The quantitative estimate of drug-likeness (QED) is 0.747. The molecule has 0 unspecified atom stereocenters. The summed E-state index contributed by atoms with van der Waals surface area (Å²) < 4.78 is 5.49. The molecule has 0 aliphatic rings. The fourth-order valence-corrected chi connectivity index (χ4v) is 2.06. The van der Waals surface area contributed by atoms with Crippen molar-refractivity contribution in [3.05, 3.63) is 52.9 Å².